The Hall–Kier alpha value is -1.88. The van der Waals surface area contributed by atoms with Crippen molar-refractivity contribution >= 4 is 17.0 Å². The van der Waals surface area contributed by atoms with E-state index in [9.17, 15) is 4.79 Å². The van der Waals surface area contributed by atoms with Gasteiger partial charge in [0.05, 0.1) is 0 Å². The highest BCUT2D eigenvalue weighted by atomic mass is 16.3. The van der Waals surface area contributed by atoms with Crippen LogP contribution in [0.15, 0.2) is 22.6 Å². The molecule has 5 nitrogen and oxygen atoms in total. The first-order chi connectivity index (χ1) is 9.10. The fourth-order valence-corrected chi connectivity index (χ4v) is 1.97. The van der Waals surface area contributed by atoms with Crippen LogP contribution in [0.2, 0.25) is 0 Å². The molecule has 1 heterocycles. The van der Waals surface area contributed by atoms with E-state index in [1.807, 2.05) is 39.2 Å². The van der Waals surface area contributed by atoms with Crippen LogP contribution in [0.1, 0.15) is 17.9 Å². The van der Waals surface area contributed by atoms with Crippen molar-refractivity contribution in [3.05, 3.63) is 29.7 Å². The predicted octanol–water partition coefficient (Wildman–Crippen LogP) is 1.70. The molecule has 0 aliphatic rings. The van der Waals surface area contributed by atoms with E-state index in [4.69, 9.17) is 4.42 Å². The highest BCUT2D eigenvalue weighted by Gasteiger charge is 2.10. The number of nitrogens with one attached hydrogen (secondary N) is 1. The Labute approximate surface area is 112 Å². The van der Waals surface area contributed by atoms with Crippen LogP contribution in [0.25, 0.3) is 11.1 Å². The van der Waals surface area contributed by atoms with Gasteiger partial charge in [0.25, 0.3) is 0 Å². The number of carbonyl (C=O) groups excluding carboxylic acids is 1. The van der Waals surface area contributed by atoms with Crippen molar-refractivity contribution in [2.45, 2.75) is 19.9 Å². The van der Waals surface area contributed by atoms with Crippen molar-refractivity contribution in [1.29, 1.82) is 0 Å². The van der Waals surface area contributed by atoms with Crippen LogP contribution in [-0.4, -0.2) is 36.4 Å². The topological polar surface area (TPSA) is 58.4 Å². The summed E-state index contributed by atoms with van der Waals surface area (Å²) in [5.74, 6) is 0.788. The van der Waals surface area contributed by atoms with Crippen molar-refractivity contribution in [3.63, 3.8) is 0 Å². The minimum atomic E-state index is 0.130. The number of hydrogen-bond donors (Lipinski definition) is 1. The zero-order valence-corrected chi connectivity index (χ0v) is 11.6. The van der Waals surface area contributed by atoms with Crippen LogP contribution in [0.5, 0.6) is 0 Å². The summed E-state index contributed by atoms with van der Waals surface area (Å²) in [7, 11) is 3.66. The highest BCUT2D eigenvalue weighted by Crippen LogP contribution is 2.17. The highest BCUT2D eigenvalue weighted by molar-refractivity contribution is 5.77. The number of hydrogen-bond acceptors (Lipinski definition) is 4. The minimum absolute atomic E-state index is 0.130. The number of amides is 1. The normalized spacial score (nSPS) is 10.9. The summed E-state index contributed by atoms with van der Waals surface area (Å²) in [5.41, 5.74) is 2.68. The van der Waals surface area contributed by atoms with Crippen molar-refractivity contribution < 1.29 is 9.21 Å². The maximum Gasteiger partial charge on any atom is 0.223 e. The zero-order valence-electron chi connectivity index (χ0n) is 11.6. The Bertz CT molecular complexity index is 577. The van der Waals surface area contributed by atoms with E-state index in [1.54, 1.807) is 4.90 Å². The Morgan fingerprint density at radius 3 is 3.00 bits per heavy atom. The van der Waals surface area contributed by atoms with Crippen molar-refractivity contribution in [2.24, 2.45) is 0 Å². The molecule has 19 heavy (non-hydrogen) atoms. The minimum Gasteiger partial charge on any atom is -0.441 e. The number of carbonyl (C=O) groups is 1. The summed E-state index contributed by atoms with van der Waals surface area (Å²) < 4.78 is 5.43. The monoisotopic (exact) mass is 261 g/mol. The van der Waals surface area contributed by atoms with E-state index in [2.05, 4.69) is 10.3 Å². The van der Waals surface area contributed by atoms with E-state index >= 15 is 0 Å². The number of oxazole rings is 1. The number of aromatic nitrogens is 1. The lowest BCUT2D eigenvalue weighted by molar-refractivity contribution is -0.130. The molecule has 102 valence electrons. The molecule has 0 spiro atoms. The largest absolute Gasteiger partial charge is 0.441 e. The molecule has 0 fully saturated rings. The Kier molecular flexibility index (Phi) is 4.16. The van der Waals surface area contributed by atoms with Crippen molar-refractivity contribution in [2.75, 3.05) is 20.6 Å². The first-order valence-corrected chi connectivity index (χ1v) is 6.35. The van der Waals surface area contributed by atoms with Crippen LogP contribution >= 0.6 is 0 Å². The van der Waals surface area contributed by atoms with E-state index in [0.717, 1.165) is 16.7 Å². The average molecular weight is 261 g/mol. The lowest BCUT2D eigenvalue weighted by Crippen LogP contribution is -2.28. The number of rotatable bonds is 5. The van der Waals surface area contributed by atoms with Gasteiger partial charge in [-0.1, -0.05) is 6.07 Å². The number of aryl methyl sites for hydroxylation is 1. The van der Waals surface area contributed by atoms with Gasteiger partial charge in [-0.25, -0.2) is 4.98 Å². The van der Waals surface area contributed by atoms with Gasteiger partial charge in [0, 0.05) is 33.5 Å². The van der Waals surface area contributed by atoms with Gasteiger partial charge in [-0.05, 0) is 24.7 Å². The molecule has 1 N–H and O–H groups in total. The van der Waals surface area contributed by atoms with Crippen LogP contribution in [0.4, 0.5) is 0 Å². The van der Waals surface area contributed by atoms with Crippen LogP contribution in [-0.2, 0) is 11.3 Å². The van der Waals surface area contributed by atoms with Crippen molar-refractivity contribution in [1.82, 2.24) is 15.2 Å². The summed E-state index contributed by atoms with van der Waals surface area (Å²) in [4.78, 5) is 17.8. The lowest BCUT2D eigenvalue weighted by Gasteiger charge is -2.17. The van der Waals surface area contributed by atoms with E-state index in [1.165, 1.54) is 0 Å². The number of nitrogens with zero attached hydrogens (tertiary/aromatic N) is 2. The first-order valence-electron chi connectivity index (χ1n) is 6.35. The Balaban J connectivity index is 2.05. The van der Waals surface area contributed by atoms with E-state index in [-0.39, 0.29) is 5.91 Å². The van der Waals surface area contributed by atoms with Gasteiger partial charge < -0.3 is 14.6 Å². The van der Waals surface area contributed by atoms with Crippen LogP contribution < -0.4 is 5.32 Å². The van der Waals surface area contributed by atoms with Crippen molar-refractivity contribution in [3.8, 4) is 0 Å². The van der Waals surface area contributed by atoms with Gasteiger partial charge in [0.2, 0.25) is 5.91 Å². The molecule has 1 aromatic heterocycles. The molecule has 2 aromatic rings. The lowest BCUT2D eigenvalue weighted by atomic mass is 10.2. The molecule has 0 radical (unpaired) electrons. The third-order valence-electron chi connectivity index (χ3n) is 2.99. The SMILES string of the molecule is CNCCC(=O)N(C)Cc1ccc2oc(C)nc2c1. The molecule has 1 aromatic carbocycles. The predicted molar refractivity (Wildman–Crippen MR) is 73.8 cm³/mol. The standard InChI is InChI=1S/C14H19N3O2/c1-10-16-12-8-11(4-5-13(12)19-10)9-17(3)14(18)6-7-15-2/h4-5,8,15H,6-7,9H2,1-3H3. The van der Waals surface area contributed by atoms with Gasteiger partial charge >= 0.3 is 0 Å². The fourth-order valence-electron chi connectivity index (χ4n) is 1.97. The zero-order chi connectivity index (χ0) is 13.8. The molecular formula is C14H19N3O2. The van der Waals surface area contributed by atoms with Gasteiger partial charge in [-0.15, -0.1) is 0 Å². The van der Waals surface area contributed by atoms with Crippen LogP contribution in [0.3, 0.4) is 0 Å². The molecule has 1 amide bonds. The fraction of sp³-hybridized carbons (Fsp3) is 0.429. The molecule has 0 saturated heterocycles. The second kappa shape index (κ2) is 5.84. The smallest absolute Gasteiger partial charge is 0.223 e. The summed E-state index contributed by atoms with van der Waals surface area (Å²) >= 11 is 0. The summed E-state index contributed by atoms with van der Waals surface area (Å²) in [5, 5.41) is 2.97. The third kappa shape index (κ3) is 3.32. The first kappa shape index (κ1) is 13.5. The molecule has 0 aliphatic heterocycles. The summed E-state index contributed by atoms with van der Waals surface area (Å²) in [6.07, 6.45) is 0.512. The summed E-state index contributed by atoms with van der Waals surface area (Å²) in [6.45, 7) is 3.11. The maximum absolute atomic E-state index is 11.8. The Morgan fingerprint density at radius 2 is 2.26 bits per heavy atom. The molecule has 0 bridgehead atoms. The molecule has 5 heteroatoms. The second-order valence-corrected chi connectivity index (χ2v) is 4.64. The summed E-state index contributed by atoms with van der Waals surface area (Å²) in [6, 6.07) is 5.83. The molecule has 0 aliphatic carbocycles. The van der Waals surface area contributed by atoms with Gasteiger partial charge in [-0.2, -0.15) is 0 Å². The molecular weight excluding hydrogens is 242 g/mol. The Morgan fingerprint density at radius 1 is 1.47 bits per heavy atom. The van der Waals surface area contributed by atoms with E-state index in [0.29, 0.717) is 25.4 Å². The van der Waals surface area contributed by atoms with Gasteiger partial charge in [0.1, 0.15) is 5.52 Å². The quantitative estimate of drug-likeness (QED) is 0.890. The van der Waals surface area contributed by atoms with Crippen LogP contribution in [0, 0.1) is 6.92 Å². The third-order valence-corrected chi connectivity index (χ3v) is 2.99. The number of benzene rings is 1. The number of fused-ring (bicyclic) bond motifs is 1. The molecule has 0 atom stereocenters. The maximum atomic E-state index is 11.8. The molecule has 0 unspecified atom stereocenters. The van der Waals surface area contributed by atoms with Gasteiger partial charge in [-0.3, -0.25) is 4.79 Å². The molecule has 0 saturated carbocycles. The van der Waals surface area contributed by atoms with E-state index < -0.39 is 0 Å². The molecule has 2 rings (SSSR count). The second-order valence-electron chi connectivity index (χ2n) is 4.64. The van der Waals surface area contributed by atoms with Gasteiger partial charge in [0.15, 0.2) is 11.5 Å². The average Bonchev–Trinajstić information content (AvgIpc) is 2.75.